The number of benzene rings is 1. The highest BCUT2D eigenvalue weighted by molar-refractivity contribution is 5.95. The Morgan fingerprint density at radius 2 is 1.35 bits per heavy atom. The SMILES string of the molecule is CC(C)c1cc(C(C)C)c(O)c(C(=O)O)c1O. The van der Waals surface area contributed by atoms with Crippen molar-refractivity contribution in [2.45, 2.75) is 39.5 Å². The number of rotatable bonds is 3. The van der Waals surface area contributed by atoms with Gasteiger partial charge in [0.25, 0.3) is 0 Å². The first-order valence-corrected chi connectivity index (χ1v) is 5.59. The molecular formula is C13H18O4. The summed E-state index contributed by atoms with van der Waals surface area (Å²) in [6, 6.07) is 1.67. The molecule has 0 saturated carbocycles. The summed E-state index contributed by atoms with van der Waals surface area (Å²) in [6.07, 6.45) is 0. The smallest absolute Gasteiger partial charge is 0.343 e. The van der Waals surface area contributed by atoms with Crippen molar-refractivity contribution >= 4 is 5.97 Å². The van der Waals surface area contributed by atoms with Gasteiger partial charge in [-0.1, -0.05) is 27.7 Å². The molecule has 0 aromatic heterocycles. The first-order chi connectivity index (χ1) is 7.77. The average Bonchev–Trinajstić information content (AvgIpc) is 2.15. The molecule has 0 fully saturated rings. The summed E-state index contributed by atoms with van der Waals surface area (Å²) in [5, 5.41) is 28.8. The molecule has 94 valence electrons. The van der Waals surface area contributed by atoms with Gasteiger partial charge in [-0.2, -0.15) is 0 Å². The molecule has 0 atom stereocenters. The van der Waals surface area contributed by atoms with Crippen LogP contribution in [0.5, 0.6) is 11.5 Å². The zero-order chi connectivity index (χ0) is 13.3. The van der Waals surface area contributed by atoms with E-state index in [0.29, 0.717) is 11.1 Å². The van der Waals surface area contributed by atoms with Gasteiger partial charge in [0.1, 0.15) is 17.1 Å². The topological polar surface area (TPSA) is 77.8 Å². The molecule has 0 aliphatic carbocycles. The Hall–Kier alpha value is -1.71. The molecule has 0 unspecified atom stereocenters. The maximum atomic E-state index is 11.1. The van der Waals surface area contributed by atoms with Gasteiger partial charge in [0.05, 0.1) is 0 Å². The number of carboxylic acid groups (broad SMARTS) is 1. The van der Waals surface area contributed by atoms with E-state index in [-0.39, 0.29) is 23.3 Å². The van der Waals surface area contributed by atoms with Gasteiger partial charge in [-0.15, -0.1) is 0 Å². The van der Waals surface area contributed by atoms with E-state index < -0.39 is 11.5 Å². The van der Waals surface area contributed by atoms with Crippen molar-refractivity contribution in [1.29, 1.82) is 0 Å². The van der Waals surface area contributed by atoms with E-state index in [1.807, 2.05) is 27.7 Å². The highest BCUT2D eigenvalue weighted by Gasteiger charge is 2.24. The molecule has 0 bridgehead atoms. The first-order valence-electron chi connectivity index (χ1n) is 5.59. The minimum absolute atomic E-state index is 0.00815. The van der Waals surface area contributed by atoms with Crippen LogP contribution in [0.4, 0.5) is 0 Å². The molecule has 4 heteroatoms. The van der Waals surface area contributed by atoms with Gasteiger partial charge in [-0.05, 0) is 29.0 Å². The minimum Gasteiger partial charge on any atom is -0.507 e. The lowest BCUT2D eigenvalue weighted by Crippen LogP contribution is -2.04. The molecule has 0 saturated heterocycles. The fourth-order valence-electron chi connectivity index (χ4n) is 1.79. The van der Waals surface area contributed by atoms with E-state index in [2.05, 4.69) is 0 Å². The lowest BCUT2D eigenvalue weighted by molar-refractivity contribution is 0.0690. The zero-order valence-electron chi connectivity index (χ0n) is 10.5. The van der Waals surface area contributed by atoms with Gasteiger partial charge >= 0.3 is 5.97 Å². The lowest BCUT2D eigenvalue weighted by Gasteiger charge is -2.17. The molecule has 1 aromatic carbocycles. The quantitative estimate of drug-likeness (QED) is 0.756. The van der Waals surface area contributed by atoms with E-state index in [4.69, 9.17) is 5.11 Å². The fraction of sp³-hybridized carbons (Fsp3) is 0.462. The Morgan fingerprint density at radius 3 is 1.59 bits per heavy atom. The molecule has 4 nitrogen and oxygen atoms in total. The molecule has 0 aliphatic heterocycles. The highest BCUT2D eigenvalue weighted by atomic mass is 16.4. The van der Waals surface area contributed by atoms with Crippen LogP contribution < -0.4 is 0 Å². The predicted octanol–water partition coefficient (Wildman–Crippen LogP) is 3.04. The second kappa shape index (κ2) is 4.65. The molecule has 0 heterocycles. The monoisotopic (exact) mass is 238 g/mol. The van der Waals surface area contributed by atoms with Crippen molar-refractivity contribution in [2.24, 2.45) is 0 Å². The zero-order valence-corrected chi connectivity index (χ0v) is 10.5. The maximum absolute atomic E-state index is 11.1. The Balaban J connectivity index is 3.63. The van der Waals surface area contributed by atoms with E-state index in [9.17, 15) is 15.0 Å². The van der Waals surface area contributed by atoms with Crippen molar-refractivity contribution in [1.82, 2.24) is 0 Å². The number of hydrogen-bond donors (Lipinski definition) is 3. The van der Waals surface area contributed by atoms with Gasteiger partial charge in [0.15, 0.2) is 0 Å². The number of phenols is 2. The van der Waals surface area contributed by atoms with Gasteiger partial charge < -0.3 is 15.3 Å². The normalized spacial score (nSPS) is 11.2. The third-order valence-electron chi connectivity index (χ3n) is 2.79. The molecule has 17 heavy (non-hydrogen) atoms. The second-order valence-corrected chi connectivity index (χ2v) is 4.74. The predicted molar refractivity (Wildman–Crippen MR) is 64.9 cm³/mol. The lowest BCUT2D eigenvalue weighted by atomic mass is 9.91. The van der Waals surface area contributed by atoms with Crippen LogP contribution in [0.2, 0.25) is 0 Å². The third kappa shape index (κ3) is 2.35. The number of aromatic carboxylic acids is 1. The Bertz CT molecular complexity index is 415. The summed E-state index contributed by atoms with van der Waals surface area (Å²) in [6.45, 7) is 7.45. The Morgan fingerprint density at radius 1 is 1.00 bits per heavy atom. The molecule has 0 amide bonds. The summed E-state index contributed by atoms with van der Waals surface area (Å²) < 4.78 is 0. The van der Waals surface area contributed by atoms with Crippen molar-refractivity contribution < 1.29 is 20.1 Å². The molecule has 3 N–H and O–H groups in total. The summed E-state index contributed by atoms with van der Waals surface area (Å²) in [5.41, 5.74) is 0.688. The molecular weight excluding hydrogens is 220 g/mol. The maximum Gasteiger partial charge on any atom is 0.343 e. The molecule has 1 rings (SSSR count). The largest absolute Gasteiger partial charge is 0.507 e. The van der Waals surface area contributed by atoms with E-state index in [0.717, 1.165) is 0 Å². The summed E-state index contributed by atoms with van der Waals surface area (Å²) in [7, 11) is 0. The highest BCUT2D eigenvalue weighted by Crippen LogP contribution is 2.40. The molecule has 0 radical (unpaired) electrons. The average molecular weight is 238 g/mol. The third-order valence-corrected chi connectivity index (χ3v) is 2.79. The standard InChI is InChI=1S/C13H18O4/c1-6(2)8-5-9(7(3)4)12(15)10(11(8)14)13(16)17/h5-7,14-15H,1-4H3,(H,16,17). The molecule has 0 spiro atoms. The molecule has 1 aromatic rings. The van der Waals surface area contributed by atoms with Gasteiger partial charge in [-0.25, -0.2) is 4.79 Å². The van der Waals surface area contributed by atoms with Crippen molar-refractivity contribution in [3.8, 4) is 11.5 Å². The van der Waals surface area contributed by atoms with Crippen LogP contribution in [-0.2, 0) is 0 Å². The van der Waals surface area contributed by atoms with Crippen LogP contribution in [0.15, 0.2) is 6.07 Å². The van der Waals surface area contributed by atoms with Gasteiger partial charge in [0.2, 0.25) is 0 Å². The molecule has 0 aliphatic rings. The van der Waals surface area contributed by atoms with Crippen LogP contribution in [0.25, 0.3) is 0 Å². The van der Waals surface area contributed by atoms with Crippen LogP contribution in [0.1, 0.15) is 61.0 Å². The van der Waals surface area contributed by atoms with Crippen molar-refractivity contribution in [3.05, 3.63) is 22.8 Å². The van der Waals surface area contributed by atoms with Gasteiger partial charge in [-0.3, -0.25) is 0 Å². The van der Waals surface area contributed by atoms with Crippen LogP contribution in [0, 0.1) is 0 Å². The number of aromatic hydroxyl groups is 2. The van der Waals surface area contributed by atoms with E-state index in [1.54, 1.807) is 6.07 Å². The van der Waals surface area contributed by atoms with E-state index >= 15 is 0 Å². The number of hydrogen-bond acceptors (Lipinski definition) is 3. The van der Waals surface area contributed by atoms with Crippen LogP contribution >= 0.6 is 0 Å². The van der Waals surface area contributed by atoms with Crippen molar-refractivity contribution in [2.75, 3.05) is 0 Å². The van der Waals surface area contributed by atoms with Crippen LogP contribution in [0.3, 0.4) is 0 Å². The number of carbonyl (C=O) groups is 1. The van der Waals surface area contributed by atoms with E-state index in [1.165, 1.54) is 0 Å². The summed E-state index contributed by atoms with van der Waals surface area (Å²) >= 11 is 0. The summed E-state index contributed by atoms with van der Waals surface area (Å²) in [4.78, 5) is 11.1. The Kier molecular flexibility index (Phi) is 3.66. The number of carboxylic acids is 1. The van der Waals surface area contributed by atoms with Crippen molar-refractivity contribution in [3.63, 3.8) is 0 Å². The fourth-order valence-corrected chi connectivity index (χ4v) is 1.79. The second-order valence-electron chi connectivity index (χ2n) is 4.74. The summed E-state index contributed by atoms with van der Waals surface area (Å²) in [5.74, 6) is -2.01. The first kappa shape index (κ1) is 13.4. The Labute approximate surface area is 101 Å². The minimum atomic E-state index is -1.32. The van der Waals surface area contributed by atoms with Gasteiger partial charge in [0, 0.05) is 0 Å². The van der Waals surface area contributed by atoms with Crippen LogP contribution in [-0.4, -0.2) is 21.3 Å².